The number of nitrogens with zero attached hydrogens (tertiary/aromatic N) is 1. The maximum absolute atomic E-state index is 14.9. The monoisotopic (exact) mass is 544 g/mol. The third-order valence-electron chi connectivity index (χ3n) is 7.19. The van der Waals surface area contributed by atoms with Crippen molar-refractivity contribution in [1.82, 2.24) is 4.98 Å². The van der Waals surface area contributed by atoms with Crippen molar-refractivity contribution in [3.63, 3.8) is 0 Å². The first-order valence-corrected chi connectivity index (χ1v) is 12.1. The standard InChI is InChI=1S/C26H29F5N2O5/c1-13-19(16-6-7-17(27)20(28)21(16)37-12-14-10-36-11-14)22(38-25(13,4)26(29,30)31)23(34)33-15-5-8-18(32-9-15)24(2,3)35/h5-9,13-14,19,22,35H,10-12H2,1-4H3,(H,33,34)/t13-,19-,22+,25+/m0/s1. The minimum atomic E-state index is -4.88. The van der Waals surface area contributed by atoms with Crippen LogP contribution < -0.4 is 10.1 Å². The van der Waals surface area contributed by atoms with Gasteiger partial charge in [-0.2, -0.15) is 17.6 Å². The molecule has 0 saturated carbocycles. The quantitative estimate of drug-likeness (QED) is 0.492. The van der Waals surface area contributed by atoms with E-state index in [1.807, 2.05) is 0 Å². The Hall–Kier alpha value is -2.83. The molecule has 2 aliphatic rings. The van der Waals surface area contributed by atoms with Gasteiger partial charge in [-0.15, -0.1) is 0 Å². The highest BCUT2D eigenvalue weighted by Crippen LogP contribution is 2.55. The first-order valence-electron chi connectivity index (χ1n) is 12.1. The highest BCUT2D eigenvalue weighted by Gasteiger charge is 2.66. The highest BCUT2D eigenvalue weighted by molar-refractivity contribution is 5.95. The molecule has 0 radical (unpaired) electrons. The molecule has 2 saturated heterocycles. The number of alkyl halides is 3. The van der Waals surface area contributed by atoms with E-state index in [-0.39, 0.29) is 23.8 Å². The van der Waals surface area contributed by atoms with Crippen molar-refractivity contribution >= 4 is 11.6 Å². The number of amides is 1. The van der Waals surface area contributed by atoms with Gasteiger partial charge in [-0.25, -0.2) is 4.39 Å². The van der Waals surface area contributed by atoms with Gasteiger partial charge in [0.05, 0.1) is 37.4 Å². The smallest absolute Gasteiger partial charge is 0.417 e. The van der Waals surface area contributed by atoms with Crippen LogP contribution in [0.2, 0.25) is 0 Å². The van der Waals surface area contributed by atoms with Crippen molar-refractivity contribution in [2.24, 2.45) is 11.8 Å². The molecule has 0 spiro atoms. The summed E-state index contributed by atoms with van der Waals surface area (Å²) in [5, 5.41) is 12.6. The van der Waals surface area contributed by atoms with Crippen LogP contribution in [-0.4, -0.2) is 53.7 Å². The Bertz CT molecular complexity index is 1180. The maximum atomic E-state index is 14.9. The number of carbonyl (C=O) groups excluding carboxylic acids is 1. The van der Waals surface area contributed by atoms with Crippen LogP contribution in [0.15, 0.2) is 30.5 Å². The van der Waals surface area contributed by atoms with Gasteiger partial charge < -0.3 is 24.6 Å². The lowest BCUT2D eigenvalue weighted by Crippen LogP contribution is -2.47. The Morgan fingerprint density at radius 2 is 1.89 bits per heavy atom. The molecule has 0 aliphatic carbocycles. The predicted octanol–water partition coefficient (Wildman–Crippen LogP) is 4.69. The Balaban J connectivity index is 1.70. The molecule has 2 N–H and O–H groups in total. The molecule has 208 valence electrons. The molecule has 1 amide bonds. The van der Waals surface area contributed by atoms with E-state index in [1.54, 1.807) is 0 Å². The zero-order valence-electron chi connectivity index (χ0n) is 21.2. The van der Waals surface area contributed by atoms with Gasteiger partial charge in [0.25, 0.3) is 5.91 Å². The zero-order valence-corrected chi connectivity index (χ0v) is 21.2. The second-order valence-corrected chi connectivity index (χ2v) is 10.4. The molecule has 2 aliphatic heterocycles. The second-order valence-electron chi connectivity index (χ2n) is 10.4. The number of hydrogen-bond acceptors (Lipinski definition) is 6. The van der Waals surface area contributed by atoms with E-state index in [9.17, 15) is 31.9 Å². The van der Waals surface area contributed by atoms with E-state index in [4.69, 9.17) is 14.2 Å². The van der Waals surface area contributed by atoms with Crippen molar-refractivity contribution < 1.29 is 46.1 Å². The van der Waals surface area contributed by atoms with Crippen LogP contribution in [0.25, 0.3) is 0 Å². The molecule has 1 aromatic heterocycles. The summed E-state index contributed by atoms with van der Waals surface area (Å²) < 4.78 is 87.7. The van der Waals surface area contributed by atoms with E-state index in [1.165, 1.54) is 39.1 Å². The molecular weight excluding hydrogens is 515 g/mol. The Morgan fingerprint density at radius 3 is 2.42 bits per heavy atom. The fraction of sp³-hybridized carbons (Fsp3) is 0.538. The van der Waals surface area contributed by atoms with Gasteiger partial charge in [0.15, 0.2) is 17.2 Å². The number of nitrogens with one attached hydrogen (secondary N) is 1. The molecule has 7 nitrogen and oxygen atoms in total. The molecule has 4 atom stereocenters. The molecule has 2 fully saturated rings. The molecule has 38 heavy (non-hydrogen) atoms. The van der Waals surface area contributed by atoms with Crippen LogP contribution in [0.3, 0.4) is 0 Å². The fourth-order valence-corrected chi connectivity index (χ4v) is 4.60. The van der Waals surface area contributed by atoms with Gasteiger partial charge in [0.1, 0.15) is 11.7 Å². The molecular formula is C26H29F5N2O5. The van der Waals surface area contributed by atoms with Gasteiger partial charge in [0.2, 0.25) is 5.82 Å². The van der Waals surface area contributed by atoms with E-state index >= 15 is 0 Å². The van der Waals surface area contributed by atoms with E-state index in [2.05, 4.69) is 10.3 Å². The number of anilines is 1. The Labute approximate surface area is 216 Å². The molecule has 4 rings (SSSR count). The van der Waals surface area contributed by atoms with E-state index < -0.39 is 58.6 Å². The lowest BCUT2D eigenvalue weighted by Gasteiger charge is -2.32. The van der Waals surface area contributed by atoms with Crippen LogP contribution in [0, 0.1) is 23.5 Å². The number of rotatable bonds is 7. The minimum Gasteiger partial charge on any atom is -0.490 e. The molecule has 0 unspecified atom stereocenters. The van der Waals surface area contributed by atoms with E-state index in [0.717, 1.165) is 19.1 Å². The number of carbonyl (C=O) groups is 1. The van der Waals surface area contributed by atoms with Gasteiger partial charge >= 0.3 is 6.18 Å². The third kappa shape index (κ3) is 5.21. The SMILES string of the molecule is C[C@H]1[C@@H](c2ccc(F)c(F)c2OCC2COC2)[C@H](C(=O)Nc2ccc(C(C)(C)O)nc2)O[C@@]1(C)C(F)(F)F. The van der Waals surface area contributed by atoms with Crippen LogP contribution in [0.1, 0.15) is 44.9 Å². The second kappa shape index (κ2) is 10.0. The molecule has 2 aromatic rings. The molecule has 3 heterocycles. The predicted molar refractivity (Wildman–Crippen MR) is 126 cm³/mol. The van der Waals surface area contributed by atoms with Gasteiger partial charge in [-0.05, 0) is 39.0 Å². The maximum Gasteiger partial charge on any atom is 0.417 e. The van der Waals surface area contributed by atoms with Crippen molar-refractivity contribution in [2.75, 3.05) is 25.1 Å². The fourth-order valence-electron chi connectivity index (χ4n) is 4.60. The summed E-state index contributed by atoms with van der Waals surface area (Å²) in [5.74, 6) is -6.89. The number of ether oxygens (including phenoxy) is 3. The number of benzene rings is 1. The number of aromatic nitrogens is 1. The average molecular weight is 545 g/mol. The molecule has 12 heteroatoms. The topological polar surface area (TPSA) is 89.9 Å². The van der Waals surface area contributed by atoms with Gasteiger partial charge in [-0.1, -0.05) is 13.0 Å². The summed E-state index contributed by atoms with van der Waals surface area (Å²) in [6.45, 7) is 5.77. The summed E-state index contributed by atoms with van der Waals surface area (Å²) in [6.07, 6.45) is -5.36. The van der Waals surface area contributed by atoms with Crippen molar-refractivity contribution in [3.05, 3.63) is 53.4 Å². The average Bonchev–Trinajstić information content (AvgIpc) is 3.07. The number of hydrogen-bond donors (Lipinski definition) is 2. The zero-order chi connectivity index (χ0) is 28.0. The lowest BCUT2D eigenvalue weighted by molar-refractivity contribution is -0.272. The number of pyridine rings is 1. The molecule has 0 bridgehead atoms. The lowest BCUT2D eigenvalue weighted by atomic mass is 9.77. The molecule has 1 aromatic carbocycles. The minimum absolute atomic E-state index is 0.0397. The summed E-state index contributed by atoms with van der Waals surface area (Å²) in [5.41, 5.74) is -3.68. The Kier molecular flexibility index (Phi) is 7.45. The largest absolute Gasteiger partial charge is 0.490 e. The first kappa shape index (κ1) is 28.2. The highest BCUT2D eigenvalue weighted by atomic mass is 19.4. The van der Waals surface area contributed by atoms with Crippen molar-refractivity contribution in [3.8, 4) is 5.75 Å². The van der Waals surface area contributed by atoms with Crippen LogP contribution in [-0.2, 0) is 19.9 Å². The number of halogens is 5. The van der Waals surface area contributed by atoms with Crippen LogP contribution in [0.5, 0.6) is 5.75 Å². The van der Waals surface area contributed by atoms with Crippen LogP contribution in [0.4, 0.5) is 27.6 Å². The summed E-state index contributed by atoms with van der Waals surface area (Å²) in [7, 11) is 0. The summed E-state index contributed by atoms with van der Waals surface area (Å²) in [6, 6.07) is 4.80. The van der Waals surface area contributed by atoms with Crippen molar-refractivity contribution in [1.29, 1.82) is 0 Å². The van der Waals surface area contributed by atoms with Crippen molar-refractivity contribution in [2.45, 2.75) is 57.1 Å². The normalized spacial score (nSPS) is 26.2. The third-order valence-corrected chi connectivity index (χ3v) is 7.19. The van der Waals surface area contributed by atoms with E-state index in [0.29, 0.717) is 18.9 Å². The Morgan fingerprint density at radius 1 is 1.21 bits per heavy atom. The number of aliphatic hydroxyl groups is 1. The van der Waals surface area contributed by atoms with Gasteiger partial charge in [0, 0.05) is 23.3 Å². The van der Waals surface area contributed by atoms with Crippen LogP contribution >= 0.6 is 0 Å². The van der Waals surface area contributed by atoms with Gasteiger partial charge in [-0.3, -0.25) is 9.78 Å². The first-order chi connectivity index (χ1) is 17.6. The summed E-state index contributed by atoms with van der Waals surface area (Å²) >= 11 is 0. The summed E-state index contributed by atoms with van der Waals surface area (Å²) in [4.78, 5) is 17.4.